The molecule has 0 aliphatic heterocycles. The number of carbonyl (C=O) groups excluding carboxylic acids is 1. The average Bonchev–Trinajstić information content (AvgIpc) is 2.60. The van der Waals surface area contributed by atoms with Crippen LogP contribution in [0, 0.1) is 11.7 Å². The maximum absolute atomic E-state index is 12.9. The molecule has 0 aromatic heterocycles. The molecule has 2 nitrogen and oxygen atoms in total. The van der Waals surface area contributed by atoms with Crippen molar-refractivity contribution in [1.82, 2.24) is 0 Å². The van der Waals surface area contributed by atoms with E-state index in [-0.39, 0.29) is 17.7 Å². The predicted molar refractivity (Wildman–Crippen MR) is 53.9 cm³/mol. The van der Waals surface area contributed by atoms with E-state index >= 15 is 0 Å². The van der Waals surface area contributed by atoms with Crippen LogP contribution >= 0.6 is 0 Å². The monoisotopic (exact) mass is 208 g/mol. The van der Waals surface area contributed by atoms with E-state index < -0.39 is 0 Å². The molecule has 0 heterocycles. The summed E-state index contributed by atoms with van der Waals surface area (Å²) in [7, 11) is 0. The standard InChI is InChI=1S/C12H13FO2/c1-2-15-12(14)10-5-8-3-4-11(13)7-9(8)6-10/h3-4,7,10H,2,5-6H2,1H3. The first-order valence-electron chi connectivity index (χ1n) is 5.14. The van der Waals surface area contributed by atoms with Crippen molar-refractivity contribution in [1.29, 1.82) is 0 Å². The van der Waals surface area contributed by atoms with Crippen molar-refractivity contribution in [3.8, 4) is 0 Å². The molecule has 0 radical (unpaired) electrons. The predicted octanol–water partition coefficient (Wildman–Crippen LogP) is 2.10. The van der Waals surface area contributed by atoms with Gasteiger partial charge in [0.25, 0.3) is 0 Å². The molecule has 2 rings (SSSR count). The van der Waals surface area contributed by atoms with Crippen LogP contribution in [0.15, 0.2) is 18.2 Å². The summed E-state index contributed by atoms with van der Waals surface area (Å²) >= 11 is 0. The minimum absolute atomic E-state index is 0.123. The molecule has 1 atom stereocenters. The number of esters is 1. The van der Waals surface area contributed by atoms with Crippen LogP contribution in [0.5, 0.6) is 0 Å². The molecule has 0 fully saturated rings. The van der Waals surface area contributed by atoms with Gasteiger partial charge in [-0.1, -0.05) is 6.07 Å². The van der Waals surface area contributed by atoms with Gasteiger partial charge in [-0.05, 0) is 43.0 Å². The third-order valence-electron chi connectivity index (χ3n) is 2.72. The highest BCUT2D eigenvalue weighted by molar-refractivity contribution is 5.74. The van der Waals surface area contributed by atoms with Crippen molar-refractivity contribution in [2.24, 2.45) is 5.92 Å². The number of hydrogen-bond acceptors (Lipinski definition) is 2. The van der Waals surface area contributed by atoms with Gasteiger partial charge in [0.15, 0.2) is 0 Å². The molecule has 1 aliphatic carbocycles. The van der Waals surface area contributed by atoms with Gasteiger partial charge in [0, 0.05) is 0 Å². The molecular formula is C12H13FO2. The SMILES string of the molecule is CCOC(=O)C1Cc2ccc(F)cc2C1. The highest BCUT2D eigenvalue weighted by atomic mass is 19.1. The van der Waals surface area contributed by atoms with Crippen molar-refractivity contribution >= 4 is 5.97 Å². The number of carbonyl (C=O) groups is 1. The fraction of sp³-hybridized carbons (Fsp3) is 0.417. The second kappa shape index (κ2) is 4.01. The summed E-state index contributed by atoms with van der Waals surface area (Å²) in [6.45, 7) is 2.19. The van der Waals surface area contributed by atoms with Crippen molar-refractivity contribution in [2.45, 2.75) is 19.8 Å². The quantitative estimate of drug-likeness (QED) is 0.696. The number of fused-ring (bicyclic) bond motifs is 1. The molecule has 0 spiro atoms. The minimum Gasteiger partial charge on any atom is -0.466 e. The van der Waals surface area contributed by atoms with Gasteiger partial charge in [-0.15, -0.1) is 0 Å². The first-order valence-corrected chi connectivity index (χ1v) is 5.14. The first kappa shape index (κ1) is 10.1. The van der Waals surface area contributed by atoms with E-state index in [4.69, 9.17) is 4.74 Å². The van der Waals surface area contributed by atoms with Gasteiger partial charge in [-0.2, -0.15) is 0 Å². The van der Waals surface area contributed by atoms with E-state index in [2.05, 4.69) is 0 Å². The summed E-state index contributed by atoms with van der Waals surface area (Å²) in [6, 6.07) is 4.70. The number of benzene rings is 1. The van der Waals surface area contributed by atoms with Gasteiger partial charge in [0.2, 0.25) is 0 Å². The Balaban J connectivity index is 2.12. The van der Waals surface area contributed by atoms with Gasteiger partial charge < -0.3 is 4.74 Å². The second-order valence-electron chi connectivity index (χ2n) is 3.77. The Morgan fingerprint density at radius 1 is 1.47 bits per heavy atom. The van der Waals surface area contributed by atoms with Crippen LogP contribution < -0.4 is 0 Å². The number of ether oxygens (including phenoxy) is 1. The van der Waals surface area contributed by atoms with Crippen LogP contribution in [-0.2, 0) is 22.4 Å². The Morgan fingerprint density at radius 3 is 2.93 bits per heavy atom. The Hall–Kier alpha value is -1.38. The smallest absolute Gasteiger partial charge is 0.309 e. The molecule has 1 aromatic rings. The lowest BCUT2D eigenvalue weighted by molar-refractivity contribution is -0.147. The fourth-order valence-corrected chi connectivity index (χ4v) is 2.01. The van der Waals surface area contributed by atoms with E-state index in [1.54, 1.807) is 13.0 Å². The molecule has 0 saturated heterocycles. The van der Waals surface area contributed by atoms with E-state index in [9.17, 15) is 9.18 Å². The second-order valence-corrected chi connectivity index (χ2v) is 3.77. The van der Waals surface area contributed by atoms with Gasteiger partial charge in [-0.3, -0.25) is 4.79 Å². The maximum atomic E-state index is 12.9. The zero-order valence-corrected chi connectivity index (χ0v) is 8.63. The van der Waals surface area contributed by atoms with Crippen LogP contribution in [0.25, 0.3) is 0 Å². The van der Waals surface area contributed by atoms with E-state index in [0.717, 1.165) is 11.1 Å². The fourth-order valence-electron chi connectivity index (χ4n) is 2.01. The average molecular weight is 208 g/mol. The normalized spacial score (nSPS) is 18.7. The molecule has 0 amide bonds. The molecule has 80 valence electrons. The van der Waals surface area contributed by atoms with Crippen LogP contribution in [0.1, 0.15) is 18.1 Å². The van der Waals surface area contributed by atoms with Gasteiger partial charge in [-0.25, -0.2) is 4.39 Å². The van der Waals surface area contributed by atoms with Crippen molar-refractivity contribution in [3.05, 3.63) is 35.1 Å². The van der Waals surface area contributed by atoms with Crippen LogP contribution in [0.3, 0.4) is 0 Å². The Kier molecular flexibility index (Phi) is 2.71. The molecule has 1 unspecified atom stereocenters. The van der Waals surface area contributed by atoms with Gasteiger partial charge >= 0.3 is 5.97 Å². The lowest BCUT2D eigenvalue weighted by atomic mass is 10.1. The largest absolute Gasteiger partial charge is 0.466 e. The topological polar surface area (TPSA) is 26.3 Å². The van der Waals surface area contributed by atoms with E-state index in [1.807, 2.05) is 0 Å². The highest BCUT2D eigenvalue weighted by Crippen LogP contribution is 2.28. The molecule has 0 bridgehead atoms. The molecule has 1 aromatic carbocycles. The van der Waals surface area contributed by atoms with Gasteiger partial charge in [0.05, 0.1) is 12.5 Å². The molecule has 0 N–H and O–H groups in total. The van der Waals surface area contributed by atoms with Crippen molar-refractivity contribution in [3.63, 3.8) is 0 Å². The lowest BCUT2D eigenvalue weighted by Gasteiger charge is -2.06. The summed E-state index contributed by atoms with van der Waals surface area (Å²) in [5, 5.41) is 0. The van der Waals surface area contributed by atoms with E-state index in [0.29, 0.717) is 19.4 Å². The van der Waals surface area contributed by atoms with Crippen LogP contribution in [-0.4, -0.2) is 12.6 Å². The Morgan fingerprint density at radius 2 is 2.20 bits per heavy atom. The Bertz CT molecular complexity index is 387. The summed E-state index contributed by atoms with van der Waals surface area (Å²) in [6.07, 6.45) is 1.28. The molecule has 0 saturated carbocycles. The van der Waals surface area contributed by atoms with Crippen molar-refractivity contribution < 1.29 is 13.9 Å². The van der Waals surface area contributed by atoms with Crippen LogP contribution in [0.2, 0.25) is 0 Å². The molecule has 15 heavy (non-hydrogen) atoms. The number of rotatable bonds is 2. The summed E-state index contributed by atoms with van der Waals surface area (Å²) in [5.74, 6) is -0.533. The zero-order chi connectivity index (χ0) is 10.8. The molecular weight excluding hydrogens is 195 g/mol. The molecule has 3 heteroatoms. The number of halogens is 1. The third-order valence-corrected chi connectivity index (χ3v) is 2.72. The maximum Gasteiger partial charge on any atom is 0.309 e. The summed E-state index contributed by atoms with van der Waals surface area (Å²) in [4.78, 5) is 11.5. The zero-order valence-electron chi connectivity index (χ0n) is 8.63. The van der Waals surface area contributed by atoms with Crippen LogP contribution in [0.4, 0.5) is 4.39 Å². The lowest BCUT2D eigenvalue weighted by Crippen LogP contribution is -2.17. The minimum atomic E-state index is -0.238. The first-order chi connectivity index (χ1) is 7.20. The highest BCUT2D eigenvalue weighted by Gasteiger charge is 2.28. The Labute approximate surface area is 88.1 Å². The summed E-state index contributed by atoms with van der Waals surface area (Å²) in [5.41, 5.74) is 2.00. The van der Waals surface area contributed by atoms with Crippen molar-refractivity contribution in [2.75, 3.05) is 6.61 Å². The number of hydrogen-bond donors (Lipinski definition) is 0. The van der Waals surface area contributed by atoms with Gasteiger partial charge in [0.1, 0.15) is 5.82 Å². The summed E-state index contributed by atoms with van der Waals surface area (Å²) < 4.78 is 17.9. The third kappa shape index (κ3) is 2.01. The molecule has 1 aliphatic rings. The van der Waals surface area contributed by atoms with E-state index in [1.165, 1.54) is 12.1 Å².